The highest BCUT2D eigenvalue weighted by Gasteiger charge is 1.88. The molecule has 6 nitrogen and oxygen atoms in total. The lowest BCUT2D eigenvalue weighted by Crippen LogP contribution is -2.03. The number of aliphatic hydroxyl groups excluding tert-OH is 2. The summed E-state index contributed by atoms with van der Waals surface area (Å²) in [5.41, 5.74) is 0. The highest BCUT2D eigenvalue weighted by molar-refractivity contribution is 5.80. The normalized spacial score (nSPS) is 8.50. The first kappa shape index (κ1) is 15.5. The average molecular weight is 208 g/mol. The molecule has 0 aromatic heterocycles. The smallest absolute Gasteiger partial charge is 0.365 e. The van der Waals surface area contributed by atoms with Crippen molar-refractivity contribution >= 4 is 5.97 Å². The number of rotatable bonds is 6. The molecule has 0 saturated heterocycles. The largest absolute Gasteiger partial charge is 0.394 e. The number of aliphatic hydroxyl groups is 2. The van der Waals surface area contributed by atoms with Crippen molar-refractivity contribution in [3.05, 3.63) is 12.7 Å². The molecule has 0 amide bonds. The predicted molar refractivity (Wildman–Crippen MR) is 48.3 cm³/mol. The van der Waals surface area contributed by atoms with E-state index in [-0.39, 0.29) is 13.2 Å². The third kappa shape index (κ3) is 17.2. The average Bonchev–Trinajstić information content (AvgIpc) is 2.20. The molecule has 0 atom stereocenters. The summed E-state index contributed by atoms with van der Waals surface area (Å²) in [7, 11) is 1.25. The van der Waals surface area contributed by atoms with Crippen LogP contribution in [0.3, 0.4) is 0 Å². The molecule has 0 rings (SSSR count). The first-order chi connectivity index (χ1) is 6.72. The van der Waals surface area contributed by atoms with Gasteiger partial charge in [0.15, 0.2) is 0 Å². The molecule has 0 aliphatic rings. The Kier molecular flexibility index (Phi) is 16.1. The Hall–Kier alpha value is -0.950. The van der Waals surface area contributed by atoms with Gasteiger partial charge in [0.2, 0.25) is 0 Å². The van der Waals surface area contributed by atoms with Crippen molar-refractivity contribution < 1.29 is 29.5 Å². The van der Waals surface area contributed by atoms with Crippen molar-refractivity contribution in [2.45, 2.75) is 0 Å². The van der Waals surface area contributed by atoms with Gasteiger partial charge < -0.3 is 14.9 Å². The van der Waals surface area contributed by atoms with E-state index in [1.54, 1.807) is 0 Å². The predicted octanol–water partition coefficient (Wildman–Crippen LogP) is -0.735. The topological polar surface area (TPSA) is 85.2 Å². The molecule has 0 spiro atoms. The molecule has 0 radical (unpaired) electrons. The summed E-state index contributed by atoms with van der Waals surface area (Å²) in [6.45, 7) is 3.82. The molecule has 6 heteroatoms. The molecule has 0 aliphatic heterocycles. The number of hydrogen-bond acceptors (Lipinski definition) is 6. The van der Waals surface area contributed by atoms with Gasteiger partial charge in [-0.1, -0.05) is 6.58 Å². The molecule has 0 bridgehead atoms. The number of hydrogen-bond donors (Lipinski definition) is 2. The maximum absolute atomic E-state index is 9.95. The van der Waals surface area contributed by atoms with Crippen LogP contribution in [0.25, 0.3) is 0 Å². The van der Waals surface area contributed by atoms with Crippen molar-refractivity contribution in [2.24, 2.45) is 0 Å². The van der Waals surface area contributed by atoms with Gasteiger partial charge in [-0.15, -0.1) is 0 Å². The van der Waals surface area contributed by atoms with Gasteiger partial charge in [-0.25, -0.2) is 4.79 Å². The summed E-state index contributed by atoms with van der Waals surface area (Å²) in [5.74, 6) is -0.581. The van der Waals surface area contributed by atoms with Crippen molar-refractivity contribution in [1.82, 2.24) is 0 Å². The highest BCUT2D eigenvalue weighted by atomic mass is 17.2. The Morgan fingerprint density at radius 2 is 1.86 bits per heavy atom. The zero-order valence-electron chi connectivity index (χ0n) is 8.14. The standard InChI is InChI=1S/C4H6O3.C4H10O3/c1-3-4(5)7-6-2;5-1-3-7-4-2-6/h3H,1H2,2H3;5-6H,1-4H2. The summed E-state index contributed by atoms with van der Waals surface area (Å²) in [4.78, 5) is 17.9. The van der Waals surface area contributed by atoms with E-state index < -0.39 is 5.97 Å². The molecule has 0 aromatic rings. The van der Waals surface area contributed by atoms with Crippen LogP contribution in [0, 0.1) is 0 Å². The minimum Gasteiger partial charge on any atom is -0.394 e. The minimum atomic E-state index is -0.581. The lowest BCUT2D eigenvalue weighted by atomic mass is 10.7. The Bertz CT molecular complexity index is 132. The first-order valence-corrected chi connectivity index (χ1v) is 3.89. The van der Waals surface area contributed by atoms with E-state index in [4.69, 9.17) is 10.2 Å². The molecule has 0 aliphatic carbocycles. The fourth-order valence-electron chi connectivity index (χ4n) is 0.347. The lowest BCUT2D eigenvalue weighted by molar-refractivity contribution is -0.249. The molecular formula is C8H16O6. The van der Waals surface area contributed by atoms with Crippen LogP contribution in [0.5, 0.6) is 0 Å². The van der Waals surface area contributed by atoms with Gasteiger partial charge in [0.1, 0.15) is 0 Å². The van der Waals surface area contributed by atoms with E-state index in [0.29, 0.717) is 13.2 Å². The van der Waals surface area contributed by atoms with E-state index in [9.17, 15) is 4.79 Å². The van der Waals surface area contributed by atoms with Crippen LogP contribution in [-0.2, 0) is 19.3 Å². The summed E-state index contributed by atoms with van der Waals surface area (Å²) < 4.78 is 4.63. The second kappa shape index (κ2) is 14.6. The minimum absolute atomic E-state index is 0.0278. The van der Waals surface area contributed by atoms with Crippen LogP contribution in [0.4, 0.5) is 0 Å². The third-order valence-corrected chi connectivity index (χ3v) is 0.803. The van der Waals surface area contributed by atoms with E-state index >= 15 is 0 Å². The van der Waals surface area contributed by atoms with Crippen LogP contribution in [0.15, 0.2) is 12.7 Å². The van der Waals surface area contributed by atoms with Crippen molar-refractivity contribution in [1.29, 1.82) is 0 Å². The maximum atomic E-state index is 9.95. The van der Waals surface area contributed by atoms with Crippen molar-refractivity contribution in [3.63, 3.8) is 0 Å². The number of ether oxygens (including phenoxy) is 1. The van der Waals surface area contributed by atoms with Gasteiger partial charge >= 0.3 is 5.97 Å². The fourth-order valence-corrected chi connectivity index (χ4v) is 0.347. The molecule has 0 aromatic carbocycles. The van der Waals surface area contributed by atoms with Crippen LogP contribution in [0.2, 0.25) is 0 Å². The molecule has 0 unspecified atom stereocenters. The monoisotopic (exact) mass is 208 g/mol. The zero-order chi connectivity index (χ0) is 11.2. The van der Waals surface area contributed by atoms with Crippen LogP contribution in [-0.4, -0.2) is 49.7 Å². The van der Waals surface area contributed by atoms with Gasteiger partial charge in [0.05, 0.1) is 33.5 Å². The second-order valence-electron chi connectivity index (χ2n) is 1.83. The van der Waals surface area contributed by atoms with E-state index in [0.717, 1.165) is 6.08 Å². The fraction of sp³-hybridized carbons (Fsp3) is 0.625. The molecular weight excluding hydrogens is 192 g/mol. The van der Waals surface area contributed by atoms with E-state index in [1.807, 2.05) is 0 Å². The molecule has 0 heterocycles. The Labute approximate surface area is 82.6 Å². The number of carbonyl (C=O) groups is 1. The number of carbonyl (C=O) groups excluding carboxylic acids is 1. The molecule has 84 valence electrons. The maximum Gasteiger partial charge on any atom is 0.365 e. The first-order valence-electron chi connectivity index (χ1n) is 3.89. The van der Waals surface area contributed by atoms with E-state index in [1.165, 1.54) is 7.11 Å². The van der Waals surface area contributed by atoms with Crippen molar-refractivity contribution in [2.75, 3.05) is 33.5 Å². The molecule has 0 saturated carbocycles. The molecule has 2 N–H and O–H groups in total. The zero-order valence-corrected chi connectivity index (χ0v) is 8.14. The van der Waals surface area contributed by atoms with Gasteiger partial charge in [0.25, 0.3) is 0 Å². The highest BCUT2D eigenvalue weighted by Crippen LogP contribution is 1.74. The molecule has 14 heavy (non-hydrogen) atoms. The Morgan fingerprint density at radius 1 is 1.36 bits per heavy atom. The van der Waals surface area contributed by atoms with E-state index in [2.05, 4.69) is 21.1 Å². The van der Waals surface area contributed by atoms with Crippen LogP contribution >= 0.6 is 0 Å². The second-order valence-corrected chi connectivity index (χ2v) is 1.83. The van der Waals surface area contributed by atoms with Crippen molar-refractivity contribution in [3.8, 4) is 0 Å². The van der Waals surface area contributed by atoms with Crippen LogP contribution in [0.1, 0.15) is 0 Å². The van der Waals surface area contributed by atoms with Gasteiger partial charge in [-0.3, -0.25) is 4.89 Å². The van der Waals surface area contributed by atoms with Gasteiger partial charge in [0, 0.05) is 6.08 Å². The molecule has 0 fully saturated rings. The Morgan fingerprint density at radius 3 is 2.07 bits per heavy atom. The summed E-state index contributed by atoms with van der Waals surface area (Å²) in [6, 6.07) is 0. The van der Waals surface area contributed by atoms with Gasteiger partial charge in [-0.05, 0) is 0 Å². The SMILES string of the molecule is C=CC(=O)OOC.OCCOCCO. The van der Waals surface area contributed by atoms with Gasteiger partial charge in [-0.2, -0.15) is 4.89 Å². The lowest BCUT2D eigenvalue weighted by Gasteiger charge is -1.94. The summed E-state index contributed by atoms with van der Waals surface area (Å²) in [6.07, 6.45) is 1.02. The third-order valence-electron chi connectivity index (χ3n) is 0.803. The summed E-state index contributed by atoms with van der Waals surface area (Å²) in [5, 5.41) is 16.2. The quantitative estimate of drug-likeness (QED) is 0.259. The summed E-state index contributed by atoms with van der Waals surface area (Å²) >= 11 is 0. The van der Waals surface area contributed by atoms with Crippen LogP contribution < -0.4 is 0 Å². The Balaban J connectivity index is 0.